The number of nitrogens with two attached hydrogens (primary N) is 1. The Hall–Kier alpha value is -0.0800. The molecule has 0 aromatic rings. The fourth-order valence-corrected chi connectivity index (χ4v) is 1.01. The summed E-state index contributed by atoms with van der Waals surface area (Å²) in [5, 5.41) is 4.20. The molecular formula is C9H21N2. The summed E-state index contributed by atoms with van der Waals surface area (Å²) >= 11 is 0. The van der Waals surface area contributed by atoms with Gasteiger partial charge in [0.2, 0.25) is 0 Å². The van der Waals surface area contributed by atoms with Crippen molar-refractivity contribution in [3.05, 3.63) is 0 Å². The average molecular weight is 157 g/mol. The van der Waals surface area contributed by atoms with Crippen LogP contribution >= 0.6 is 0 Å². The first-order valence-electron chi connectivity index (χ1n) is 4.69. The monoisotopic (exact) mass is 157 g/mol. The van der Waals surface area contributed by atoms with E-state index in [4.69, 9.17) is 5.73 Å². The van der Waals surface area contributed by atoms with Crippen LogP contribution in [0.5, 0.6) is 0 Å². The lowest BCUT2D eigenvalue weighted by Gasteiger charge is -2.04. The van der Waals surface area contributed by atoms with E-state index >= 15 is 0 Å². The summed E-state index contributed by atoms with van der Waals surface area (Å²) in [6.45, 7) is 5.10. The Morgan fingerprint density at radius 3 is 2.36 bits per heavy atom. The predicted octanol–water partition coefficient (Wildman–Crippen LogP) is 1.87. The first-order chi connectivity index (χ1) is 5.27. The van der Waals surface area contributed by atoms with Crippen LogP contribution in [-0.4, -0.2) is 12.7 Å². The maximum Gasteiger partial charge on any atom is 0.0682 e. The van der Waals surface area contributed by atoms with E-state index in [1.165, 1.54) is 32.1 Å². The van der Waals surface area contributed by atoms with Crippen LogP contribution in [0.3, 0.4) is 0 Å². The predicted molar refractivity (Wildman–Crippen MR) is 49.4 cm³/mol. The van der Waals surface area contributed by atoms with E-state index in [9.17, 15) is 0 Å². The van der Waals surface area contributed by atoms with Crippen LogP contribution in [0.2, 0.25) is 0 Å². The van der Waals surface area contributed by atoms with Gasteiger partial charge in [-0.1, -0.05) is 32.6 Å². The second kappa shape index (κ2) is 8.02. The molecule has 67 valence electrons. The molecule has 0 aliphatic heterocycles. The Bertz CT molecular complexity index is 72.0. The summed E-state index contributed by atoms with van der Waals surface area (Å²) < 4.78 is 0. The zero-order valence-corrected chi connectivity index (χ0v) is 7.84. The van der Waals surface area contributed by atoms with Crippen LogP contribution in [0, 0.1) is 0 Å². The van der Waals surface area contributed by atoms with Crippen molar-refractivity contribution in [3.8, 4) is 0 Å². The Kier molecular flexibility index (Phi) is 7.96. The molecular weight excluding hydrogens is 136 g/mol. The van der Waals surface area contributed by atoms with Gasteiger partial charge >= 0.3 is 0 Å². The number of hydrogen-bond acceptors (Lipinski definition) is 1. The van der Waals surface area contributed by atoms with E-state index in [-0.39, 0.29) is 6.17 Å². The van der Waals surface area contributed by atoms with E-state index in [1.54, 1.807) is 0 Å². The van der Waals surface area contributed by atoms with Crippen LogP contribution in [-0.2, 0) is 0 Å². The molecule has 0 heterocycles. The minimum Gasteiger partial charge on any atom is -0.315 e. The van der Waals surface area contributed by atoms with Crippen LogP contribution in [0.25, 0.3) is 0 Å². The van der Waals surface area contributed by atoms with Gasteiger partial charge in [-0.2, -0.15) is 0 Å². The molecule has 0 aliphatic carbocycles. The van der Waals surface area contributed by atoms with Crippen molar-refractivity contribution >= 4 is 0 Å². The fourth-order valence-electron chi connectivity index (χ4n) is 1.01. The Morgan fingerprint density at radius 2 is 1.82 bits per heavy atom. The highest BCUT2D eigenvalue weighted by Gasteiger charge is 1.93. The molecule has 0 aliphatic rings. The number of rotatable bonds is 7. The summed E-state index contributed by atoms with van der Waals surface area (Å²) in [6.07, 6.45) is 6.57. The quantitative estimate of drug-likeness (QED) is 0.563. The molecule has 2 N–H and O–H groups in total. The lowest BCUT2D eigenvalue weighted by molar-refractivity contribution is 0.517. The molecule has 2 heteroatoms. The largest absolute Gasteiger partial charge is 0.315 e. The van der Waals surface area contributed by atoms with Crippen molar-refractivity contribution in [1.29, 1.82) is 0 Å². The maximum atomic E-state index is 5.47. The molecule has 0 saturated carbocycles. The Labute approximate surface area is 70.5 Å². The van der Waals surface area contributed by atoms with Gasteiger partial charge in [-0.25, -0.2) is 5.32 Å². The lowest BCUT2D eigenvalue weighted by Crippen LogP contribution is -2.28. The van der Waals surface area contributed by atoms with Gasteiger partial charge in [-0.3, -0.25) is 0 Å². The molecule has 0 aromatic heterocycles. The number of hydrogen-bond donors (Lipinski definition) is 1. The van der Waals surface area contributed by atoms with Gasteiger partial charge in [0.1, 0.15) is 0 Å². The van der Waals surface area contributed by atoms with Crippen molar-refractivity contribution in [3.63, 3.8) is 0 Å². The van der Waals surface area contributed by atoms with Crippen molar-refractivity contribution in [2.75, 3.05) is 6.54 Å². The van der Waals surface area contributed by atoms with E-state index < -0.39 is 0 Å². The molecule has 0 fully saturated rings. The Morgan fingerprint density at radius 1 is 1.18 bits per heavy atom. The molecule has 0 aromatic carbocycles. The number of nitrogens with zero attached hydrogens (tertiary/aromatic N) is 1. The standard InChI is InChI=1S/C9H21N2/c1-3-4-5-6-7-8-11-9(2)10/h9H,3-8,10H2,1-2H3. The van der Waals surface area contributed by atoms with Crippen molar-refractivity contribution in [2.45, 2.75) is 52.1 Å². The minimum absolute atomic E-state index is 0.0289. The summed E-state index contributed by atoms with van der Waals surface area (Å²) in [4.78, 5) is 0. The molecule has 2 nitrogen and oxygen atoms in total. The third-order valence-corrected chi connectivity index (χ3v) is 1.68. The summed E-state index contributed by atoms with van der Waals surface area (Å²) in [6, 6.07) is 0. The summed E-state index contributed by atoms with van der Waals surface area (Å²) in [5.74, 6) is 0. The minimum atomic E-state index is 0.0289. The average Bonchev–Trinajstić information content (AvgIpc) is 1.96. The van der Waals surface area contributed by atoms with Gasteiger partial charge in [-0.05, 0) is 13.3 Å². The maximum absolute atomic E-state index is 5.47. The molecule has 1 radical (unpaired) electrons. The van der Waals surface area contributed by atoms with E-state index in [1.807, 2.05) is 6.92 Å². The van der Waals surface area contributed by atoms with Crippen molar-refractivity contribution < 1.29 is 0 Å². The van der Waals surface area contributed by atoms with Crippen LogP contribution < -0.4 is 11.1 Å². The topological polar surface area (TPSA) is 40.1 Å². The van der Waals surface area contributed by atoms with Gasteiger partial charge in [0.25, 0.3) is 0 Å². The van der Waals surface area contributed by atoms with Crippen molar-refractivity contribution in [1.82, 2.24) is 5.32 Å². The van der Waals surface area contributed by atoms with Crippen LogP contribution in [0.4, 0.5) is 0 Å². The van der Waals surface area contributed by atoms with Gasteiger partial charge < -0.3 is 5.73 Å². The summed E-state index contributed by atoms with van der Waals surface area (Å²) in [5.41, 5.74) is 5.47. The summed E-state index contributed by atoms with van der Waals surface area (Å²) in [7, 11) is 0. The van der Waals surface area contributed by atoms with Crippen LogP contribution in [0.1, 0.15) is 46.0 Å². The number of unbranched alkanes of at least 4 members (excludes halogenated alkanes) is 4. The van der Waals surface area contributed by atoms with Gasteiger partial charge in [0.15, 0.2) is 0 Å². The zero-order valence-electron chi connectivity index (χ0n) is 7.84. The highest BCUT2D eigenvalue weighted by Crippen LogP contribution is 2.01. The first-order valence-corrected chi connectivity index (χ1v) is 4.69. The molecule has 11 heavy (non-hydrogen) atoms. The molecule has 1 unspecified atom stereocenters. The van der Waals surface area contributed by atoms with Gasteiger partial charge in [-0.15, -0.1) is 0 Å². The molecule has 0 rings (SSSR count). The zero-order chi connectivity index (χ0) is 8.53. The SMILES string of the molecule is CCCCCCC[N]C(C)N. The van der Waals surface area contributed by atoms with Gasteiger partial charge in [0.05, 0.1) is 6.17 Å². The molecule has 0 bridgehead atoms. The first kappa shape index (κ1) is 10.9. The second-order valence-electron chi connectivity index (χ2n) is 3.06. The molecule has 0 amide bonds. The van der Waals surface area contributed by atoms with Gasteiger partial charge in [0, 0.05) is 6.54 Å². The highest BCUT2D eigenvalue weighted by molar-refractivity contribution is 4.50. The highest BCUT2D eigenvalue weighted by atomic mass is 15.0. The lowest BCUT2D eigenvalue weighted by atomic mass is 10.1. The normalized spacial score (nSPS) is 13.4. The molecule has 0 spiro atoms. The third-order valence-electron chi connectivity index (χ3n) is 1.68. The molecule has 1 atom stereocenters. The molecule has 0 saturated heterocycles. The fraction of sp³-hybridized carbons (Fsp3) is 1.00. The van der Waals surface area contributed by atoms with E-state index in [2.05, 4.69) is 12.2 Å². The second-order valence-corrected chi connectivity index (χ2v) is 3.06. The van der Waals surface area contributed by atoms with Crippen LogP contribution in [0.15, 0.2) is 0 Å². The third kappa shape index (κ3) is 9.92. The van der Waals surface area contributed by atoms with E-state index in [0.29, 0.717) is 0 Å². The van der Waals surface area contributed by atoms with E-state index in [0.717, 1.165) is 6.54 Å². The smallest absolute Gasteiger partial charge is 0.0682 e. The Balaban J connectivity index is 2.80. The van der Waals surface area contributed by atoms with Crippen molar-refractivity contribution in [2.24, 2.45) is 5.73 Å².